The van der Waals surface area contributed by atoms with E-state index in [1.165, 1.54) is 0 Å². The van der Waals surface area contributed by atoms with Gasteiger partial charge in [-0.1, -0.05) is 18.2 Å². The van der Waals surface area contributed by atoms with E-state index in [-0.39, 0.29) is 5.97 Å². The molecular formula is C14H15NO2. The van der Waals surface area contributed by atoms with Crippen LogP contribution in [0.15, 0.2) is 43.1 Å². The van der Waals surface area contributed by atoms with Crippen molar-refractivity contribution in [3.05, 3.63) is 48.7 Å². The number of rotatable bonds is 4. The number of ether oxygens (including phenoxy) is 1. The second-order valence-corrected chi connectivity index (χ2v) is 3.72. The van der Waals surface area contributed by atoms with Gasteiger partial charge in [-0.3, -0.25) is 0 Å². The van der Waals surface area contributed by atoms with Crippen molar-refractivity contribution in [3.63, 3.8) is 0 Å². The Bertz CT molecular complexity index is 554. The number of nitrogens with zero attached hydrogens (tertiary/aromatic N) is 1. The summed E-state index contributed by atoms with van der Waals surface area (Å²) in [5.41, 5.74) is 1.52. The standard InChI is InChI=1S/C14H15NO2/c1-3-9-15-10-8-11-6-5-7-12(13(11)15)14(16)17-4-2/h3,5-8,10H,1,4,9H2,2H3. The summed E-state index contributed by atoms with van der Waals surface area (Å²) in [6, 6.07) is 7.63. The van der Waals surface area contributed by atoms with Crippen LogP contribution in [0.2, 0.25) is 0 Å². The maximum atomic E-state index is 11.9. The molecule has 0 unspecified atom stereocenters. The molecule has 1 aromatic heterocycles. The first-order chi connectivity index (χ1) is 8.27. The third-order valence-electron chi connectivity index (χ3n) is 2.61. The van der Waals surface area contributed by atoms with Crippen molar-refractivity contribution >= 4 is 16.9 Å². The van der Waals surface area contributed by atoms with Gasteiger partial charge in [-0.25, -0.2) is 4.79 Å². The van der Waals surface area contributed by atoms with Crippen LogP contribution in [0, 0.1) is 0 Å². The highest BCUT2D eigenvalue weighted by Gasteiger charge is 2.13. The summed E-state index contributed by atoms with van der Waals surface area (Å²) in [7, 11) is 0. The van der Waals surface area contributed by atoms with Gasteiger partial charge in [-0.15, -0.1) is 6.58 Å². The van der Waals surface area contributed by atoms with E-state index in [4.69, 9.17) is 4.74 Å². The molecule has 0 amide bonds. The molecule has 0 aliphatic rings. The lowest BCUT2D eigenvalue weighted by Gasteiger charge is -2.07. The van der Waals surface area contributed by atoms with Crippen LogP contribution in [0.5, 0.6) is 0 Å². The van der Waals surface area contributed by atoms with Gasteiger partial charge in [0, 0.05) is 18.1 Å². The van der Waals surface area contributed by atoms with E-state index in [0.29, 0.717) is 18.7 Å². The number of carbonyl (C=O) groups excluding carboxylic acids is 1. The molecular weight excluding hydrogens is 214 g/mol. The fourth-order valence-corrected chi connectivity index (χ4v) is 1.93. The van der Waals surface area contributed by atoms with Gasteiger partial charge in [-0.05, 0) is 19.1 Å². The van der Waals surface area contributed by atoms with Gasteiger partial charge in [0.05, 0.1) is 17.7 Å². The zero-order chi connectivity index (χ0) is 12.3. The third-order valence-corrected chi connectivity index (χ3v) is 2.61. The number of hydrogen-bond donors (Lipinski definition) is 0. The first-order valence-corrected chi connectivity index (χ1v) is 5.63. The zero-order valence-electron chi connectivity index (χ0n) is 9.85. The Morgan fingerprint density at radius 1 is 1.47 bits per heavy atom. The molecule has 3 heteroatoms. The molecule has 0 bridgehead atoms. The molecule has 2 rings (SSSR count). The summed E-state index contributed by atoms with van der Waals surface area (Å²) in [6.45, 7) is 6.59. The van der Waals surface area contributed by atoms with Crippen LogP contribution in [-0.4, -0.2) is 17.1 Å². The number of esters is 1. The number of para-hydroxylation sites is 1. The van der Waals surface area contributed by atoms with Crippen molar-refractivity contribution in [1.82, 2.24) is 4.57 Å². The summed E-state index contributed by atoms with van der Waals surface area (Å²) in [5, 5.41) is 1.04. The highest BCUT2D eigenvalue weighted by atomic mass is 16.5. The van der Waals surface area contributed by atoms with Gasteiger partial charge in [0.25, 0.3) is 0 Å². The Labute approximate surface area is 100 Å². The average molecular weight is 229 g/mol. The molecule has 0 spiro atoms. The van der Waals surface area contributed by atoms with Crippen LogP contribution in [0.1, 0.15) is 17.3 Å². The van der Waals surface area contributed by atoms with E-state index in [0.717, 1.165) is 10.9 Å². The van der Waals surface area contributed by atoms with E-state index in [2.05, 4.69) is 6.58 Å². The van der Waals surface area contributed by atoms with Crippen LogP contribution < -0.4 is 0 Å². The van der Waals surface area contributed by atoms with Gasteiger partial charge in [0.2, 0.25) is 0 Å². The molecule has 88 valence electrons. The van der Waals surface area contributed by atoms with Crippen molar-refractivity contribution < 1.29 is 9.53 Å². The van der Waals surface area contributed by atoms with Crippen LogP contribution in [0.25, 0.3) is 10.9 Å². The lowest BCUT2D eigenvalue weighted by Crippen LogP contribution is -2.07. The number of benzene rings is 1. The summed E-state index contributed by atoms with van der Waals surface area (Å²) < 4.78 is 7.06. The average Bonchev–Trinajstić information content (AvgIpc) is 2.73. The van der Waals surface area contributed by atoms with E-state index in [1.54, 1.807) is 19.1 Å². The smallest absolute Gasteiger partial charge is 0.340 e. The number of allylic oxidation sites excluding steroid dienone is 1. The van der Waals surface area contributed by atoms with Crippen molar-refractivity contribution in [3.8, 4) is 0 Å². The Hall–Kier alpha value is -2.03. The first-order valence-electron chi connectivity index (χ1n) is 5.63. The minimum absolute atomic E-state index is 0.276. The summed E-state index contributed by atoms with van der Waals surface area (Å²) >= 11 is 0. The maximum absolute atomic E-state index is 11.9. The lowest BCUT2D eigenvalue weighted by molar-refractivity contribution is 0.0528. The molecule has 3 nitrogen and oxygen atoms in total. The number of carbonyl (C=O) groups is 1. The van der Waals surface area contributed by atoms with Gasteiger partial charge in [0.15, 0.2) is 0 Å². The van der Waals surface area contributed by atoms with E-state index in [9.17, 15) is 4.79 Å². The van der Waals surface area contributed by atoms with Crippen molar-refractivity contribution in [1.29, 1.82) is 0 Å². The molecule has 2 aromatic rings. The van der Waals surface area contributed by atoms with E-state index >= 15 is 0 Å². The van der Waals surface area contributed by atoms with Gasteiger partial charge >= 0.3 is 5.97 Å². The Balaban J connectivity index is 2.57. The minimum atomic E-state index is -0.276. The first kappa shape index (κ1) is 11.5. The van der Waals surface area contributed by atoms with Crippen LogP contribution in [0.4, 0.5) is 0 Å². The lowest BCUT2D eigenvalue weighted by atomic mass is 10.1. The molecule has 1 heterocycles. The number of aromatic nitrogens is 1. The molecule has 0 aliphatic carbocycles. The summed E-state index contributed by atoms with van der Waals surface area (Å²) in [5.74, 6) is -0.276. The highest BCUT2D eigenvalue weighted by molar-refractivity contribution is 6.03. The van der Waals surface area contributed by atoms with Gasteiger partial charge in [0.1, 0.15) is 0 Å². The molecule has 0 N–H and O–H groups in total. The zero-order valence-corrected chi connectivity index (χ0v) is 9.85. The third kappa shape index (κ3) is 2.09. The second-order valence-electron chi connectivity index (χ2n) is 3.72. The second kappa shape index (κ2) is 4.87. The Morgan fingerprint density at radius 3 is 3.00 bits per heavy atom. The maximum Gasteiger partial charge on any atom is 0.340 e. The number of hydrogen-bond acceptors (Lipinski definition) is 2. The quantitative estimate of drug-likeness (QED) is 0.596. The fraction of sp³-hybridized carbons (Fsp3) is 0.214. The molecule has 0 saturated heterocycles. The SMILES string of the molecule is C=CCn1ccc2cccc(C(=O)OCC)c21. The Morgan fingerprint density at radius 2 is 2.29 bits per heavy atom. The molecule has 0 atom stereocenters. The topological polar surface area (TPSA) is 31.2 Å². The van der Waals surface area contributed by atoms with Crippen molar-refractivity contribution in [2.24, 2.45) is 0 Å². The predicted molar refractivity (Wildman–Crippen MR) is 68.1 cm³/mol. The molecule has 0 aliphatic heterocycles. The normalized spacial score (nSPS) is 10.4. The Kier molecular flexibility index (Phi) is 3.28. The van der Waals surface area contributed by atoms with Gasteiger partial charge in [-0.2, -0.15) is 0 Å². The van der Waals surface area contributed by atoms with E-state index < -0.39 is 0 Å². The van der Waals surface area contributed by atoms with Crippen molar-refractivity contribution in [2.75, 3.05) is 6.61 Å². The summed E-state index contributed by atoms with van der Waals surface area (Å²) in [4.78, 5) is 11.9. The van der Waals surface area contributed by atoms with E-state index in [1.807, 2.05) is 29.0 Å². The molecule has 1 aromatic carbocycles. The fourth-order valence-electron chi connectivity index (χ4n) is 1.93. The number of fused-ring (bicyclic) bond motifs is 1. The van der Waals surface area contributed by atoms with Crippen LogP contribution in [0.3, 0.4) is 0 Å². The molecule has 0 fully saturated rings. The molecule has 0 saturated carbocycles. The largest absolute Gasteiger partial charge is 0.462 e. The summed E-state index contributed by atoms with van der Waals surface area (Å²) in [6.07, 6.45) is 3.76. The monoisotopic (exact) mass is 229 g/mol. The molecule has 0 radical (unpaired) electrons. The van der Waals surface area contributed by atoms with Crippen LogP contribution in [-0.2, 0) is 11.3 Å². The predicted octanol–water partition coefficient (Wildman–Crippen LogP) is 3.00. The van der Waals surface area contributed by atoms with Gasteiger partial charge < -0.3 is 9.30 Å². The van der Waals surface area contributed by atoms with Crippen molar-refractivity contribution in [2.45, 2.75) is 13.5 Å². The highest BCUT2D eigenvalue weighted by Crippen LogP contribution is 2.21. The minimum Gasteiger partial charge on any atom is -0.462 e. The molecule has 17 heavy (non-hydrogen) atoms. The van der Waals surface area contributed by atoms with Crippen LogP contribution >= 0.6 is 0 Å².